The third-order valence-electron chi connectivity index (χ3n) is 6.44. The van der Waals surface area contributed by atoms with E-state index >= 15 is 0 Å². The van der Waals surface area contributed by atoms with Crippen molar-refractivity contribution in [2.75, 3.05) is 31.7 Å². The maximum Gasteiger partial charge on any atom is 0.262 e. The zero-order valence-electron chi connectivity index (χ0n) is 19.2. The van der Waals surface area contributed by atoms with Gasteiger partial charge in [0.05, 0.1) is 41.5 Å². The van der Waals surface area contributed by atoms with Gasteiger partial charge in [0.15, 0.2) is 5.82 Å². The lowest BCUT2D eigenvalue weighted by Gasteiger charge is -2.23. The van der Waals surface area contributed by atoms with Crippen molar-refractivity contribution in [1.29, 1.82) is 0 Å². The Morgan fingerprint density at radius 2 is 2.06 bits per heavy atom. The van der Waals surface area contributed by atoms with Crippen LogP contribution < -0.4 is 10.5 Å². The second kappa shape index (κ2) is 8.18. The highest BCUT2D eigenvalue weighted by molar-refractivity contribution is 5.89. The number of aryl methyl sites for hydroxylation is 1. The molecule has 0 bridgehead atoms. The van der Waals surface area contributed by atoms with Gasteiger partial charge in [0, 0.05) is 43.8 Å². The van der Waals surface area contributed by atoms with Crippen molar-refractivity contribution in [1.82, 2.24) is 29.1 Å². The highest BCUT2D eigenvalue weighted by atomic mass is 16.5. The van der Waals surface area contributed by atoms with Gasteiger partial charge in [-0.3, -0.25) is 14.3 Å². The molecule has 1 saturated heterocycles. The molecule has 0 spiro atoms. The van der Waals surface area contributed by atoms with Gasteiger partial charge in [-0.1, -0.05) is 12.1 Å². The summed E-state index contributed by atoms with van der Waals surface area (Å²) in [6.07, 6.45) is 4.36. The number of anilines is 1. The first-order valence-electron chi connectivity index (χ1n) is 11.5. The van der Waals surface area contributed by atoms with Gasteiger partial charge in [0.2, 0.25) is 0 Å². The van der Waals surface area contributed by atoms with E-state index in [0.717, 1.165) is 48.6 Å². The monoisotopic (exact) mass is 455 g/mol. The lowest BCUT2D eigenvalue weighted by molar-refractivity contribution is 0.186. The van der Waals surface area contributed by atoms with Crippen molar-refractivity contribution in [3.63, 3.8) is 0 Å². The van der Waals surface area contributed by atoms with Crippen LogP contribution in [0.15, 0.2) is 53.6 Å². The summed E-state index contributed by atoms with van der Waals surface area (Å²) in [5.41, 5.74) is 2.95. The molecule has 0 N–H and O–H groups in total. The van der Waals surface area contributed by atoms with Gasteiger partial charge in [-0.2, -0.15) is 5.10 Å². The normalized spacial score (nSPS) is 16.1. The Morgan fingerprint density at radius 1 is 1.18 bits per heavy atom. The zero-order valence-corrected chi connectivity index (χ0v) is 19.2. The van der Waals surface area contributed by atoms with Crippen LogP contribution in [0.5, 0.6) is 0 Å². The summed E-state index contributed by atoms with van der Waals surface area (Å²) in [5, 5.41) is 6.15. The average molecular weight is 456 g/mol. The van der Waals surface area contributed by atoms with Gasteiger partial charge in [-0.05, 0) is 31.5 Å². The van der Waals surface area contributed by atoms with Gasteiger partial charge in [0.25, 0.3) is 5.56 Å². The molecule has 5 aromatic rings. The van der Waals surface area contributed by atoms with Crippen LogP contribution in [-0.2, 0) is 11.3 Å². The minimum absolute atomic E-state index is 0.112. The third kappa shape index (κ3) is 3.49. The number of hydrogen-bond acceptors (Lipinski definition) is 7. The molecule has 172 valence electrons. The van der Waals surface area contributed by atoms with Crippen molar-refractivity contribution < 1.29 is 4.74 Å². The average Bonchev–Trinajstić information content (AvgIpc) is 3.50. The molecular formula is C25H25N7O2. The second-order valence-corrected chi connectivity index (χ2v) is 8.93. The molecule has 4 aromatic heterocycles. The number of ether oxygens (including phenoxy) is 1. The maximum absolute atomic E-state index is 13.5. The van der Waals surface area contributed by atoms with Gasteiger partial charge in [-0.25, -0.2) is 14.5 Å². The number of benzene rings is 1. The highest BCUT2D eigenvalue weighted by Gasteiger charge is 2.21. The molecule has 6 rings (SSSR count). The summed E-state index contributed by atoms with van der Waals surface area (Å²) in [4.78, 5) is 29.6. The van der Waals surface area contributed by atoms with Gasteiger partial charge < -0.3 is 9.64 Å². The molecular weight excluding hydrogens is 430 g/mol. The number of hydrogen-bond donors (Lipinski definition) is 0. The van der Waals surface area contributed by atoms with Crippen LogP contribution in [0.2, 0.25) is 0 Å². The molecule has 1 aliphatic heterocycles. The molecule has 1 fully saturated rings. The molecule has 1 aromatic carbocycles. The summed E-state index contributed by atoms with van der Waals surface area (Å²) in [6, 6.07) is 11.6. The van der Waals surface area contributed by atoms with E-state index in [9.17, 15) is 4.79 Å². The summed E-state index contributed by atoms with van der Waals surface area (Å²) < 4.78 is 9.03. The number of fused-ring (bicyclic) bond motifs is 4. The molecule has 1 unspecified atom stereocenters. The van der Waals surface area contributed by atoms with E-state index < -0.39 is 0 Å². The maximum atomic E-state index is 13.5. The number of para-hydroxylation sites is 1. The number of aromatic nitrogens is 6. The number of nitrogens with zero attached hydrogens (tertiary/aromatic N) is 7. The molecule has 5 heterocycles. The largest absolute Gasteiger partial charge is 0.381 e. The summed E-state index contributed by atoms with van der Waals surface area (Å²) >= 11 is 0. The van der Waals surface area contributed by atoms with Crippen LogP contribution in [0, 0.1) is 12.8 Å². The molecule has 0 aliphatic carbocycles. The second-order valence-electron chi connectivity index (χ2n) is 8.93. The molecule has 9 heteroatoms. The van der Waals surface area contributed by atoms with Gasteiger partial charge in [-0.15, -0.1) is 0 Å². The van der Waals surface area contributed by atoms with Crippen LogP contribution >= 0.6 is 0 Å². The Labute approximate surface area is 195 Å². The smallest absolute Gasteiger partial charge is 0.262 e. The predicted molar refractivity (Wildman–Crippen MR) is 130 cm³/mol. The predicted octanol–water partition coefficient (Wildman–Crippen LogP) is 2.82. The number of pyridine rings is 1. The molecule has 34 heavy (non-hydrogen) atoms. The Morgan fingerprint density at radius 3 is 2.91 bits per heavy atom. The fourth-order valence-corrected chi connectivity index (χ4v) is 4.80. The van der Waals surface area contributed by atoms with E-state index in [1.165, 1.54) is 0 Å². The topological polar surface area (TPSA) is 90.4 Å². The Bertz CT molecular complexity index is 1580. The number of rotatable bonds is 5. The summed E-state index contributed by atoms with van der Waals surface area (Å²) in [6.45, 7) is 4.60. The highest BCUT2D eigenvalue weighted by Crippen LogP contribution is 2.25. The quantitative estimate of drug-likeness (QED) is 0.402. The molecule has 1 aliphatic rings. The molecule has 0 amide bonds. The molecule has 1 atom stereocenters. The van der Waals surface area contributed by atoms with E-state index in [-0.39, 0.29) is 12.1 Å². The third-order valence-corrected chi connectivity index (χ3v) is 6.44. The fourth-order valence-electron chi connectivity index (χ4n) is 4.80. The van der Waals surface area contributed by atoms with Crippen molar-refractivity contribution in [3.8, 4) is 0 Å². The van der Waals surface area contributed by atoms with E-state index in [4.69, 9.17) is 14.7 Å². The lowest BCUT2D eigenvalue weighted by atomic mass is 10.1. The van der Waals surface area contributed by atoms with E-state index in [2.05, 4.69) is 22.0 Å². The minimum atomic E-state index is -0.112. The van der Waals surface area contributed by atoms with Crippen LogP contribution in [0.3, 0.4) is 0 Å². The fraction of sp³-hybridized carbons (Fsp3) is 0.320. The molecule has 9 nitrogen and oxygen atoms in total. The van der Waals surface area contributed by atoms with Crippen molar-refractivity contribution in [2.45, 2.75) is 19.9 Å². The van der Waals surface area contributed by atoms with Gasteiger partial charge >= 0.3 is 0 Å². The van der Waals surface area contributed by atoms with Crippen molar-refractivity contribution in [2.24, 2.45) is 5.92 Å². The van der Waals surface area contributed by atoms with Crippen molar-refractivity contribution >= 4 is 33.3 Å². The minimum Gasteiger partial charge on any atom is -0.381 e. The van der Waals surface area contributed by atoms with E-state index in [0.29, 0.717) is 28.3 Å². The first-order valence-corrected chi connectivity index (χ1v) is 11.5. The van der Waals surface area contributed by atoms with Crippen LogP contribution in [0.25, 0.3) is 27.5 Å². The Balaban J connectivity index is 1.49. The zero-order chi connectivity index (χ0) is 23.2. The van der Waals surface area contributed by atoms with E-state index in [1.54, 1.807) is 27.5 Å². The Hall–Kier alpha value is -3.85. The standard InChI is InChI=1S/C25H25N7O2/c1-16-11-23-31(25(33)19-7-9-26-12-21(19)32(23)29-16)14-22-27-20-6-4-3-5-18(20)24(28-22)30(2)13-17-8-10-34-15-17/h3-7,9,11-12,17H,8,10,13-15H2,1-2H3. The molecule has 0 saturated carbocycles. The van der Waals surface area contributed by atoms with Crippen molar-refractivity contribution in [3.05, 3.63) is 70.7 Å². The Kier molecular flexibility index (Phi) is 4.99. The SMILES string of the molecule is Cc1cc2n(Cc3nc(N(C)CC4CCOC4)c4ccccc4n3)c(=O)c3ccncc3n2n1. The van der Waals surface area contributed by atoms with E-state index in [1.807, 2.05) is 37.3 Å². The molecule has 0 radical (unpaired) electrons. The van der Waals surface area contributed by atoms with Crippen LogP contribution in [-0.4, -0.2) is 55.9 Å². The van der Waals surface area contributed by atoms with Gasteiger partial charge in [0.1, 0.15) is 11.5 Å². The lowest BCUT2D eigenvalue weighted by Crippen LogP contribution is -2.28. The summed E-state index contributed by atoms with van der Waals surface area (Å²) in [5.74, 6) is 1.93. The summed E-state index contributed by atoms with van der Waals surface area (Å²) in [7, 11) is 2.06. The van der Waals surface area contributed by atoms with Crippen LogP contribution in [0.4, 0.5) is 5.82 Å². The van der Waals surface area contributed by atoms with Crippen LogP contribution in [0.1, 0.15) is 17.9 Å². The first-order chi connectivity index (χ1) is 16.6. The first kappa shape index (κ1) is 20.7.